The molecule has 0 amide bonds. The lowest BCUT2D eigenvalue weighted by molar-refractivity contribution is 0.993. The second-order valence-corrected chi connectivity index (χ2v) is 3.35. The molecule has 0 aliphatic rings. The molecule has 0 nitrogen and oxygen atoms in total. The van der Waals surface area contributed by atoms with Gasteiger partial charge >= 0.3 is 0 Å². The van der Waals surface area contributed by atoms with E-state index in [0.29, 0.717) is 0 Å². The van der Waals surface area contributed by atoms with Crippen molar-refractivity contribution < 1.29 is 0 Å². The molecule has 13 heavy (non-hydrogen) atoms. The molecule has 0 heterocycles. The van der Waals surface area contributed by atoms with Gasteiger partial charge in [0.25, 0.3) is 0 Å². The first-order chi connectivity index (χ1) is 6.43. The van der Waals surface area contributed by atoms with Crippen molar-refractivity contribution in [2.24, 2.45) is 0 Å². The first-order valence-electron chi connectivity index (χ1n) is 4.68. The molecule has 0 fully saturated rings. The maximum atomic E-state index is 5.55. The van der Waals surface area contributed by atoms with Crippen LogP contribution in [0.5, 0.6) is 0 Å². The van der Waals surface area contributed by atoms with Crippen molar-refractivity contribution in [2.75, 3.05) is 5.88 Å². The molecular formula is C12H15Cl. The van der Waals surface area contributed by atoms with Crippen LogP contribution in [0.1, 0.15) is 18.4 Å². The van der Waals surface area contributed by atoms with Gasteiger partial charge in [-0.15, -0.1) is 11.6 Å². The van der Waals surface area contributed by atoms with Crippen molar-refractivity contribution in [1.29, 1.82) is 0 Å². The van der Waals surface area contributed by atoms with E-state index in [-0.39, 0.29) is 0 Å². The SMILES string of the molecule is ClCC/C=C/CCc1ccccc1. The molecule has 0 bridgehead atoms. The number of aryl methyl sites for hydroxylation is 1. The molecule has 0 N–H and O–H groups in total. The van der Waals surface area contributed by atoms with E-state index in [1.807, 2.05) is 6.07 Å². The lowest BCUT2D eigenvalue weighted by Crippen LogP contribution is -1.81. The van der Waals surface area contributed by atoms with E-state index >= 15 is 0 Å². The Kier molecular flexibility index (Phi) is 5.35. The Morgan fingerprint density at radius 2 is 1.69 bits per heavy atom. The molecule has 1 heteroatoms. The summed E-state index contributed by atoms with van der Waals surface area (Å²) in [6, 6.07) is 10.5. The highest BCUT2D eigenvalue weighted by Crippen LogP contribution is 2.03. The van der Waals surface area contributed by atoms with Crippen LogP contribution in [0, 0.1) is 0 Å². The molecule has 1 aromatic rings. The molecule has 0 saturated carbocycles. The van der Waals surface area contributed by atoms with Gasteiger partial charge in [0, 0.05) is 5.88 Å². The smallest absolute Gasteiger partial charge is 0.0257 e. The average molecular weight is 195 g/mol. The second kappa shape index (κ2) is 6.73. The van der Waals surface area contributed by atoms with E-state index in [1.165, 1.54) is 5.56 Å². The zero-order valence-corrected chi connectivity index (χ0v) is 8.50. The van der Waals surface area contributed by atoms with Gasteiger partial charge in [-0.05, 0) is 24.8 Å². The third-order valence-electron chi connectivity index (χ3n) is 1.88. The second-order valence-electron chi connectivity index (χ2n) is 2.97. The van der Waals surface area contributed by atoms with Gasteiger partial charge in [-0.3, -0.25) is 0 Å². The number of rotatable bonds is 5. The van der Waals surface area contributed by atoms with Gasteiger partial charge in [-0.2, -0.15) is 0 Å². The van der Waals surface area contributed by atoms with Gasteiger partial charge in [-0.1, -0.05) is 42.5 Å². The minimum absolute atomic E-state index is 0.724. The Morgan fingerprint density at radius 3 is 2.38 bits per heavy atom. The summed E-state index contributed by atoms with van der Waals surface area (Å²) in [6.45, 7) is 0. The molecule has 0 aromatic heterocycles. The normalized spacial score (nSPS) is 10.8. The number of hydrogen-bond acceptors (Lipinski definition) is 0. The van der Waals surface area contributed by atoms with Crippen molar-refractivity contribution >= 4 is 11.6 Å². The van der Waals surface area contributed by atoms with Gasteiger partial charge in [-0.25, -0.2) is 0 Å². The molecule has 0 radical (unpaired) electrons. The van der Waals surface area contributed by atoms with E-state index in [9.17, 15) is 0 Å². The van der Waals surface area contributed by atoms with Crippen molar-refractivity contribution in [2.45, 2.75) is 19.3 Å². The summed E-state index contributed by atoms with van der Waals surface area (Å²) in [6.07, 6.45) is 7.57. The summed E-state index contributed by atoms with van der Waals surface area (Å²) >= 11 is 5.55. The lowest BCUT2D eigenvalue weighted by atomic mass is 10.1. The Balaban J connectivity index is 2.20. The molecule has 0 aliphatic carbocycles. The maximum Gasteiger partial charge on any atom is 0.0257 e. The fourth-order valence-corrected chi connectivity index (χ4v) is 1.32. The average Bonchev–Trinajstić information content (AvgIpc) is 2.19. The van der Waals surface area contributed by atoms with Crippen LogP contribution in [0.25, 0.3) is 0 Å². The highest BCUT2D eigenvalue weighted by molar-refractivity contribution is 6.17. The maximum absolute atomic E-state index is 5.55. The monoisotopic (exact) mass is 194 g/mol. The van der Waals surface area contributed by atoms with Crippen LogP contribution in [0.4, 0.5) is 0 Å². The fraction of sp³-hybridized carbons (Fsp3) is 0.333. The van der Waals surface area contributed by atoms with E-state index in [2.05, 4.69) is 36.4 Å². The highest BCUT2D eigenvalue weighted by atomic mass is 35.5. The van der Waals surface area contributed by atoms with E-state index in [1.54, 1.807) is 0 Å². The third kappa shape index (κ3) is 4.74. The molecule has 70 valence electrons. The van der Waals surface area contributed by atoms with Crippen LogP contribution in [-0.4, -0.2) is 5.88 Å². The van der Waals surface area contributed by atoms with Crippen LogP contribution < -0.4 is 0 Å². The topological polar surface area (TPSA) is 0 Å². The van der Waals surface area contributed by atoms with Gasteiger partial charge in [0.05, 0.1) is 0 Å². The summed E-state index contributed by atoms with van der Waals surface area (Å²) in [5.41, 5.74) is 1.40. The molecule has 1 aromatic carbocycles. The fourth-order valence-electron chi connectivity index (χ4n) is 1.19. The predicted molar refractivity (Wildman–Crippen MR) is 59.2 cm³/mol. The van der Waals surface area contributed by atoms with Crippen LogP contribution in [0.2, 0.25) is 0 Å². The van der Waals surface area contributed by atoms with Gasteiger partial charge < -0.3 is 0 Å². The summed E-state index contributed by atoms with van der Waals surface area (Å²) < 4.78 is 0. The third-order valence-corrected chi connectivity index (χ3v) is 2.10. The predicted octanol–water partition coefficient (Wildman–Crippen LogP) is 3.80. The van der Waals surface area contributed by atoms with Crippen LogP contribution >= 0.6 is 11.6 Å². The minimum atomic E-state index is 0.724. The molecule has 0 unspecified atom stereocenters. The summed E-state index contributed by atoms with van der Waals surface area (Å²) in [5, 5.41) is 0. The van der Waals surface area contributed by atoms with Gasteiger partial charge in [0.2, 0.25) is 0 Å². The number of halogens is 1. The molecule has 0 saturated heterocycles. The van der Waals surface area contributed by atoms with Crippen LogP contribution in [0.15, 0.2) is 42.5 Å². The quantitative estimate of drug-likeness (QED) is 0.494. The molecule has 1 rings (SSSR count). The standard InChI is InChI=1S/C12H15Cl/c13-11-7-2-1-4-8-12-9-5-3-6-10-12/h1-3,5-6,9-10H,4,7-8,11H2/b2-1+. The minimum Gasteiger partial charge on any atom is -0.126 e. The molecule has 0 aliphatic heterocycles. The molecule has 0 spiro atoms. The zero-order valence-electron chi connectivity index (χ0n) is 7.75. The highest BCUT2D eigenvalue weighted by Gasteiger charge is 1.87. The number of alkyl halides is 1. The van der Waals surface area contributed by atoms with E-state index < -0.39 is 0 Å². The first kappa shape index (κ1) is 10.3. The number of hydrogen-bond donors (Lipinski definition) is 0. The lowest BCUT2D eigenvalue weighted by Gasteiger charge is -1.95. The zero-order chi connectivity index (χ0) is 9.36. The van der Waals surface area contributed by atoms with E-state index in [4.69, 9.17) is 11.6 Å². The largest absolute Gasteiger partial charge is 0.126 e. The number of benzene rings is 1. The first-order valence-corrected chi connectivity index (χ1v) is 5.22. The number of allylic oxidation sites excluding steroid dienone is 2. The van der Waals surface area contributed by atoms with Gasteiger partial charge in [0.15, 0.2) is 0 Å². The summed E-state index contributed by atoms with van der Waals surface area (Å²) in [7, 11) is 0. The molecular weight excluding hydrogens is 180 g/mol. The Hall–Kier alpha value is -0.750. The Labute approximate surface area is 85.2 Å². The Bertz CT molecular complexity index is 239. The van der Waals surface area contributed by atoms with Crippen molar-refractivity contribution in [3.05, 3.63) is 48.0 Å². The van der Waals surface area contributed by atoms with Gasteiger partial charge in [0.1, 0.15) is 0 Å². The van der Waals surface area contributed by atoms with Crippen molar-refractivity contribution in [3.63, 3.8) is 0 Å². The summed E-state index contributed by atoms with van der Waals surface area (Å²) in [5.74, 6) is 0.724. The van der Waals surface area contributed by atoms with Crippen LogP contribution in [-0.2, 0) is 6.42 Å². The summed E-state index contributed by atoms with van der Waals surface area (Å²) in [4.78, 5) is 0. The van der Waals surface area contributed by atoms with E-state index in [0.717, 1.165) is 25.1 Å². The van der Waals surface area contributed by atoms with Crippen LogP contribution in [0.3, 0.4) is 0 Å². The molecule has 0 atom stereocenters. The van der Waals surface area contributed by atoms with Crippen molar-refractivity contribution in [1.82, 2.24) is 0 Å². The Morgan fingerprint density at radius 1 is 1.00 bits per heavy atom. The van der Waals surface area contributed by atoms with Crippen molar-refractivity contribution in [3.8, 4) is 0 Å².